The largest absolute Gasteiger partial charge is 0.438 e. The van der Waals surface area contributed by atoms with Crippen LogP contribution in [0.25, 0.3) is 55.5 Å². The Morgan fingerprint density at radius 3 is 2.21 bits per heavy atom. The van der Waals surface area contributed by atoms with Crippen LogP contribution in [0.4, 0.5) is 0 Å². The third kappa shape index (κ3) is 2.52. The number of aromatic nitrogens is 2. The minimum atomic E-state index is 0.614. The van der Waals surface area contributed by atoms with Crippen molar-refractivity contribution in [1.82, 2.24) is 9.97 Å². The Balaban J connectivity index is 1.74. The molecule has 136 valence electrons. The van der Waals surface area contributed by atoms with Gasteiger partial charge in [0.05, 0.1) is 11.1 Å². The van der Waals surface area contributed by atoms with Crippen molar-refractivity contribution in [2.24, 2.45) is 0 Å². The Bertz CT molecular complexity index is 1490. The van der Waals surface area contributed by atoms with Crippen LogP contribution in [0.5, 0.6) is 0 Å². The van der Waals surface area contributed by atoms with E-state index in [0.29, 0.717) is 11.5 Å². The number of para-hydroxylation sites is 1. The number of hydrogen-bond acceptors (Lipinski definition) is 3. The van der Waals surface area contributed by atoms with E-state index in [1.165, 1.54) is 5.39 Å². The zero-order valence-corrected chi connectivity index (χ0v) is 15.5. The summed E-state index contributed by atoms with van der Waals surface area (Å²) in [6.45, 7) is 0. The van der Waals surface area contributed by atoms with Gasteiger partial charge in [0.15, 0.2) is 5.82 Å². The summed E-state index contributed by atoms with van der Waals surface area (Å²) in [5.74, 6) is 0.673. The molecule has 2 aromatic heterocycles. The monoisotopic (exact) mass is 372 g/mol. The minimum absolute atomic E-state index is 0.614. The molecule has 0 saturated carbocycles. The highest BCUT2D eigenvalue weighted by molar-refractivity contribution is 6.11. The summed E-state index contributed by atoms with van der Waals surface area (Å²) < 4.78 is 6.14. The van der Waals surface area contributed by atoms with Crippen LogP contribution in [-0.2, 0) is 0 Å². The lowest BCUT2D eigenvalue weighted by molar-refractivity contribution is 0.653. The van der Waals surface area contributed by atoms with E-state index in [0.717, 1.165) is 38.6 Å². The van der Waals surface area contributed by atoms with Crippen molar-refractivity contribution in [3.05, 3.63) is 97.1 Å². The van der Waals surface area contributed by atoms with Gasteiger partial charge >= 0.3 is 0 Å². The maximum Gasteiger partial charge on any atom is 0.231 e. The van der Waals surface area contributed by atoms with Crippen LogP contribution in [0.3, 0.4) is 0 Å². The summed E-state index contributed by atoms with van der Waals surface area (Å²) >= 11 is 0. The van der Waals surface area contributed by atoms with Crippen molar-refractivity contribution in [2.75, 3.05) is 0 Å². The molecule has 0 N–H and O–H groups in total. The molecule has 0 fully saturated rings. The van der Waals surface area contributed by atoms with Crippen LogP contribution in [0.1, 0.15) is 0 Å². The van der Waals surface area contributed by atoms with Crippen LogP contribution in [0, 0.1) is 0 Å². The van der Waals surface area contributed by atoms with Gasteiger partial charge in [0.25, 0.3) is 0 Å². The van der Waals surface area contributed by atoms with E-state index in [2.05, 4.69) is 42.5 Å². The topological polar surface area (TPSA) is 38.9 Å². The lowest BCUT2D eigenvalue weighted by Crippen LogP contribution is -1.94. The fraction of sp³-hybridized carbons (Fsp3) is 0. The standard InChI is InChI=1S/C26H16N2O/c1-2-10-18(11-3-1)24-23-21-14-6-7-16-22(21)29-26(23)28-25(27-24)20-15-8-12-17-9-4-5-13-19(17)20/h1-16H. The number of furan rings is 1. The van der Waals surface area contributed by atoms with Gasteiger partial charge in [0, 0.05) is 16.5 Å². The van der Waals surface area contributed by atoms with Crippen molar-refractivity contribution >= 4 is 32.8 Å². The molecule has 3 heteroatoms. The highest BCUT2D eigenvalue weighted by atomic mass is 16.3. The third-order valence-electron chi connectivity index (χ3n) is 5.32. The van der Waals surface area contributed by atoms with Gasteiger partial charge in [0.2, 0.25) is 5.71 Å². The first-order valence-corrected chi connectivity index (χ1v) is 9.61. The highest BCUT2D eigenvalue weighted by Gasteiger charge is 2.18. The maximum atomic E-state index is 6.14. The molecule has 0 bridgehead atoms. The number of benzene rings is 4. The lowest BCUT2D eigenvalue weighted by atomic mass is 10.0. The van der Waals surface area contributed by atoms with Crippen molar-refractivity contribution in [2.45, 2.75) is 0 Å². The fourth-order valence-corrected chi connectivity index (χ4v) is 3.97. The van der Waals surface area contributed by atoms with E-state index >= 15 is 0 Å². The molecule has 0 aliphatic carbocycles. The SMILES string of the molecule is c1ccc(-c2nc(-c3cccc4ccccc34)nc3oc4ccccc4c23)cc1. The minimum Gasteiger partial charge on any atom is -0.438 e. The van der Waals surface area contributed by atoms with Crippen molar-refractivity contribution in [3.8, 4) is 22.6 Å². The Labute approximate surface area is 167 Å². The fourth-order valence-electron chi connectivity index (χ4n) is 3.97. The van der Waals surface area contributed by atoms with Crippen molar-refractivity contribution < 1.29 is 4.42 Å². The highest BCUT2D eigenvalue weighted by Crippen LogP contribution is 2.37. The van der Waals surface area contributed by atoms with E-state index in [-0.39, 0.29) is 0 Å². The number of hydrogen-bond donors (Lipinski definition) is 0. The zero-order valence-electron chi connectivity index (χ0n) is 15.5. The van der Waals surface area contributed by atoms with Gasteiger partial charge in [-0.25, -0.2) is 4.98 Å². The predicted molar refractivity (Wildman–Crippen MR) is 118 cm³/mol. The second-order valence-electron chi connectivity index (χ2n) is 7.07. The molecule has 0 saturated heterocycles. The Morgan fingerprint density at radius 1 is 0.586 bits per heavy atom. The normalized spacial score (nSPS) is 11.4. The Hall–Kier alpha value is -3.98. The molecular formula is C26H16N2O. The molecule has 0 amide bonds. The summed E-state index contributed by atoms with van der Waals surface area (Å²) in [5.41, 5.74) is 4.38. The summed E-state index contributed by atoms with van der Waals surface area (Å²) in [5, 5.41) is 4.28. The first kappa shape index (κ1) is 16.0. The molecule has 6 rings (SSSR count). The molecule has 2 heterocycles. The molecule has 3 nitrogen and oxygen atoms in total. The Kier molecular flexibility index (Phi) is 3.47. The molecule has 0 radical (unpaired) electrons. The average Bonchev–Trinajstić information content (AvgIpc) is 3.17. The molecule has 29 heavy (non-hydrogen) atoms. The first-order chi connectivity index (χ1) is 14.4. The second-order valence-corrected chi connectivity index (χ2v) is 7.07. The number of nitrogens with zero attached hydrogens (tertiary/aromatic N) is 2. The van der Waals surface area contributed by atoms with Gasteiger partial charge in [-0.2, -0.15) is 4.98 Å². The quantitative estimate of drug-likeness (QED) is 0.333. The van der Waals surface area contributed by atoms with Gasteiger partial charge in [-0.05, 0) is 16.8 Å². The molecule has 4 aromatic carbocycles. The van der Waals surface area contributed by atoms with E-state index in [1.54, 1.807) is 0 Å². The van der Waals surface area contributed by atoms with E-state index in [1.807, 2.05) is 54.6 Å². The lowest BCUT2D eigenvalue weighted by Gasteiger charge is -2.09. The van der Waals surface area contributed by atoms with Gasteiger partial charge < -0.3 is 4.42 Å². The van der Waals surface area contributed by atoms with E-state index < -0.39 is 0 Å². The van der Waals surface area contributed by atoms with Crippen molar-refractivity contribution in [1.29, 1.82) is 0 Å². The predicted octanol–water partition coefficient (Wildman–Crippen LogP) is 6.86. The summed E-state index contributed by atoms with van der Waals surface area (Å²) in [6.07, 6.45) is 0. The molecule has 0 aliphatic rings. The van der Waals surface area contributed by atoms with Gasteiger partial charge in [-0.1, -0.05) is 91.0 Å². The molecule has 0 atom stereocenters. The summed E-state index contributed by atoms with van der Waals surface area (Å²) in [4.78, 5) is 9.88. The molecular weight excluding hydrogens is 356 g/mol. The average molecular weight is 372 g/mol. The van der Waals surface area contributed by atoms with Gasteiger partial charge in [0.1, 0.15) is 5.58 Å². The van der Waals surface area contributed by atoms with E-state index in [4.69, 9.17) is 14.4 Å². The maximum absolute atomic E-state index is 6.14. The van der Waals surface area contributed by atoms with Gasteiger partial charge in [-0.3, -0.25) is 0 Å². The van der Waals surface area contributed by atoms with Crippen LogP contribution in [0.2, 0.25) is 0 Å². The molecule has 6 aromatic rings. The van der Waals surface area contributed by atoms with Crippen LogP contribution < -0.4 is 0 Å². The second kappa shape index (κ2) is 6.28. The molecule has 0 spiro atoms. The third-order valence-corrected chi connectivity index (χ3v) is 5.32. The molecule has 0 aliphatic heterocycles. The van der Waals surface area contributed by atoms with Crippen LogP contribution in [-0.4, -0.2) is 9.97 Å². The zero-order chi connectivity index (χ0) is 19.2. The summed E-state index contributed by atoms with van der Waals surface area (Å²) in [7, 11) is 0. The molecule has 0 unspecified atom stereocenters. The summed E-state index contributed by atoms with van der Waals surface area (Å²) in [6, 6.07) is 32.8. The van der Waals surface area contributed by atoms with E-state index in [9.17, 15) is 0 Å². The van der Waals surface area contributed by atoms with Crippen molar-refractivity contribution in [3.63, 3.8) is 0 Å². The number of fused-ring (bicyclic) bond motifs is 4. The van der Waals surface area contributed by atoms with Gasteiger partial charge in [-0.15, -0.1) is 0 Å². The van der Waals surface area contributed by atoms with Crippen LogP contribution >= 0.6 is 0 Å². The Morgan fingerprint density at radius 2 is 1.31 bits per heavy atom. The smallest absolute Gasteiger partial charge is 0.231 e. The number of rotatable bonds is 2. The van der Waals surface area contributed by atoms with Crippen LogP contribution in [0.15, 0.2) is 101 Å². The first-order valence-electron chi connectivity index (χ1n) is 9.61.